The third kappa shape index (κ3) is 4.20. The van der Waals surface area contributed by atoms with Crippen LogP contribution in [0.2, 0.25) is 10.0 Å². The minimum atomic E-state index is -0.118. The Bertz CT molecular complexity index is 582. The molecular formula is C14H11Br2Cl2N. The van der Waals surface area contributed by atoms with E-state index in [4.69, 9.17) is 28.9 Å². The van der Waals surface area contributed by atoms with Crippen LogP contribution in [0, 0.1) is 0 Å². The minimum absolute atomic E-state index is 0.118. The van der Waals surface area contributed by atoms with E-state index < -0.39 is 0 Å². The summed E-state index contributed by atoms with van der Waals surface area (Å²) in [4.78, 5) is 0. The molecule has 0 fully saturated rings. The van der Waals surface area contributed by atoms with E-state index in [1.165, 1.54) is 0 Å². The third-order valence-corrected chi connectivity index (χ3v) is 4.27. The molecule has 0 aromatic heterocycles. The lowest BCUT2D eigenvalue weighted by molar-refractivity contribution is 0.721. The Morgan fingerprint density at radius 1 is 1.00 bits per heavy atom. The zero-order valence-electron chi connectivity index (χ0n) is 9.84. The monoisotopic (exact) mass is 421 g/mol. The van der Waals surface area contributed by atoms with E-state index in [0.717, 1.165) is 20.1 Å². The van der Waals surface area contributed by atoms with Crippen LogP contribution < -0.4 is 5.73 Å². The first-order chi connectivity index (χ1) is 8.95. The molecule has 2 aromatic carbocycles. The van der Waals surface area contributed by atoms with Crippen molar-refractivity contribution in [3.8, 4) is 0 Å². The Hall–Kier alpha value is -0.0600. The number of benzene rings is 2. The molecule has 0 bridgehead atoms. The van der Waals surface area contributed by atoms with Gasteiger partial charge < -0.3 is 5.73 Å². The van der Waals surface area contributed by atoms with E-state index in [-0.39, 0.29) is 6.04 Å². The van der Waals surface area contributed by atoms with Gasteiger partial charge in [0, 0.05) is 25.0 Å². The fourth-order valence-corrected chi connectivity index (χ4v) is 3.65. The molecule has 2 rings (SSSR count). The third-order valence-electron chi connectivity index (χ3n) is 2.77. The van der Waals surface area contributed by atoms with Gasteiger partial charge in [0.2, 0.25) is 0 Å². The molecule has 0 aliphatic heterocycles. The topological polar surface area (TPSA) is 26.0 Å². The molecule has 1 nitrogen and oxygen atoms in total. The van der Waals surface area contributed by atoms with Crippen molar-refractivity contribution < 1.29 is 0 Å². The molecule has 0 radical (unpaired) electrons. The molecule has 2 N–H and O–H groups in total. The summed E-state index contributed by atoms with van der Waals surface area (Å²) in [5.41, 5.74) is 8.28. The number of rotatable bonds is 3. The predicted molar refractivity (Wildman–Crippen MR) is 88.9 cm³/mol. The molecule has 0 aliphatic carbocycles. The summed E-state index contributed by atoms with van der Waals surface area (Å²) in [5, 5.41) is 1.28. The highest BCUT2D eigenvalue weighted by atomic mass is 79.9. The molecule has 0 amide bonds. The maximum Gasteiger partial charge on any atom is 0.0453 e. The normalized spacial score (nSPS) is 12.5. The van der Waals surface area contributed by atoms with E-state index in [0.29, 0.717) is 16.5 Å². The van der Waals surface area contributed by atoms with Gasteiger partial charge >= 0.3 is 0 Å². The lowest BCUT2D eigenvalue weighted by Gasteiger charge is -2.14. The smallest absolute Gasteiger partial charge is 0.0453 e. The van der Waals surface area contributed by atoms with Crippen LogP contribution in [0.5, 0.6) is 0 Å². The molecule has 1 atom stereocenters. The van der Waals surface area contributed by atoms with Crippen LogP contribution in [-0.4, -0.2) is 0 Å². The quantitative estimate of drug-likeness (QED) is 0.667. The second kappa shape index (κ2) is 6.59. The van der Waals surface area contributed by atoms with Crippen LogP contribution in [0.3, 0.4) is 0 Å². The summed E-state index contributed by atoms with van der Waals surface area (Å²) in [7, 11) is 0. The van der Waals surface area contributed by atoms with Crippen molar-refractivity contribution in [1.82, 2.24) is 0 Å². The first-order valence-electron chi connectivity index (χ1n) is 5.61. The molecule has 19 heavy (non-hydrogen) atoms. The molecular weight excluding hydrogens is 413 g/mol. The van der Waals surface area contributed by atoms with Crippen molar-refractivity contribution >= 4 is 55.1 Å². The highest BCUT2D eigenvalue weighted by Gasteiger charge is 2.11. The molecule has 1 unspecified atom stereocenters. The van der Waals surface area contributed by atoms with Crippen molar-refractivity contribution in [1.29, 1.82) is 0 Å². The maximum absolute atomic E-state index is 6.24. The molecule has 100 valence electrons. The molecule has 0 saturated heterocycles. The second-order valence-electron chi connectivity index (χ2n) is 4.25. The summed E-state index contributed by atoms with van der Waals surface area (Å²) in [5.74, 6) is 0. The lowest BCUT2D eigenvalue weighted by Crippen LogP contribution is -2.13. The van der Waals surface area contributed by atoms with E-state index in [2.05, 4.69) is 31.9 Å². The van der Waals surface area contributed by atoms with Gasteiger partial charge in [-0.25, -0.2) is 0 Å². The Morgan fingerprint density at radius 3 is 2.21 bits per heavy atom. The van der Waals surface area contributed by atoms with Crippen LogP contribution in [0.1, 0.15) is 17.2 Å². The molecule has 2 aromatic rings. The lowest BCUT2D eigenvalue weighted by atomic mass is 10.00. The summed E-state index contributed by atoms with van der Waals surface area (Å²) in [6.07, 6.45) is 0.666. The van der Waals surface area contributed by atoms with Gasteiger partial charge in [-0.15, -0.1) is 0 Å². The summed E-state index contributed by atoms with van der Waals surface area (Å²) in [6.45, 7) is 0. The zero-order chi connectivity index (χ0) is 14.0. The van der Waals surface area contributed by atoms with Crippen LogP contribution in [0.4, 0.5) is 0 Å². The standard InChI is InChI=1S/C14H11Br2Cl2N/c15-10-3-9(4-11(16)6-10)14(19)5-8-1-2-12(17)7-13(8)18/h1-4,6-7,14H,5,19H2. The molecule has 5 heteroatoms. The van der Waals surface area contributed by atoms with Crippen LogP contribution >= 0.6 is 55.1 Å². The first-order valence-corrected chi connectivity index (χ1v) is 7.95. The Balaban J connectivity index is 2.22. The van der Waals surface area contributed by atoms with Gasteiger partial charge in [-0.05, 0) is 47.9 Å². The van der Waals surface area contributed by atoms with E-state index in [1.54, 1.807) is 6.07 Å². The average molecular weight is 424 g/mol. The number of hydrogen-bond donors (Lipinski definition) is 1. The van der Waals surface area contributed by atoms with Crippen molar-refractivity contribution in [2.24, 2.45) is 5.73 Å². The number of hydrogen-bond acceptors (Lipinski definition) is 1. The van der Waals surface area contributed by atoms with Gasteiger partial charge in [0.15, 0.2) is 0 Å². The number of nitrogens with two attached hydrogens (primary N) is 1. The SMILES string of the molecule is NC(Cc1ccc(Cl)cc1Cl)c1cc(Br)cc(Br)c1. The highest BCUT2D eigenvalue weighted by molar-refractivity contribution is 9.11. The van der Waals surface area contributed by atoms with Crippen LogP contribution in [0.25, 0.3) is 0 Å². The second-order valence-corrected chi connectivity index (χ2v) is 6.92. The van der Waals surface area contributed by atoms with Gasteiger partial charge in [0.25, 0.3) is 0 Å². The number of halogens is 4. The average Bonchev–Trinajstić information content (AvgIpc) is 2.31. The fourth-order valence-electron chi connectivity index (χ4n) is 1.83. The highest BCUT2D eigenvalue weighted by Crippen LogP contribution is 2.28. The largest absolute Gasteiger partial charge is 0.324 e. The Kier molecular flexibility index (Phi) is 5.32. The predicted octanol–water partition coefficient (Wildman–Crippen LogP) is 5.76. The van der Waals surface area contributed by atoms with Crippen molar-refractivity contribution in [3.05, 3.63) is 66.5 Å². The summed E-state index contributed by atoms with van der Waals surface area (Å²) >= 11 is 19.0. The van der Waals surface area contributed by atoms with E-state index in [9.17, 15) is 0 Å². The van der Waals surface area contributed by atoms with Gasteiger partial charge in [0.1, 0.15) is 0 Å². The Labute approximate surface area is 139 Å². The Morgan fingerprint density at radius 2 is 1.63 bits per heavy atom. The molecule has 0 saturated carbocycles. The van der Waals surface area contributed by atoms with Crippen molar-refractivity contribution in [2.45, 2.75) is 12.5 Å². The molecule has 0 heterocycles. The van der Waals surface area contributed by atoms with Crippen molar-refractivity contribution in [2.75, 3.05) is 0 Å². The minimum Gasteiger partial charge on any atom is -0.324 e. The summed E-state index contributed by atoms with van der Waals surface area (Å²) < 4.78 is 1.99. The molecule has 0 aliphatic rings. The summed E-state index contributed by atoms with van der Waals surface area (Å²) in [6, 6.07) is 11.4. The van der Waals surface area contributed by atoms with E-state index >= 15 is 0 Å². The van der Waals surface area contributed by atoms with Gasteiger partial charge in [-0.3, -0.25) is 0 Å². The van der Waals surface area contributed by atoms with E-state index in [1.807, 2.05) is 30.3 Å². The van der Waals surface area contributed by atoms with Crippen LogP contribution in [-0.2, 0) is 6.42 Å². The first kappa shape index (κ1) is 15.3. The van der Waals surface area contributed by atoms with Crippen molar-refractivity contribution in [3.63, 3.8) is 0 Å². The van der Waals surface area contributed by atoms with Gasteiger partial charge in [0.05, 0.1) is 0 Å². The molecule has 0 spiro atoms. The maximum atomic E-state index is 6.24. The fraction of sp³-hybridized carbons (Fsp3) is 0.143. The van der Waals surface area contributed by atoms with Gasteiger partial charge in [-0.1, -0.05) is 61.1 Å². The zero-order valence-corrected chi connectivity index (χ0v) is 14.5. The van der Waals surface area contributed by atoms with Gasteiger partial charge in [-0.2, -0.15) is 0 Å². The van der Waals surface area contributed by atoms with Crippen LogP contribution in [0.15, 0.2) is 45.3 Å².